The maximum atomic E-state index is 13.1. The van der Waals surface area contributed by atoms with E-state index in [1.165, 1.54) is 12.1 Å². The van der Waals surface area contributed by atoms with Crippen LogP contribution in [0.3, 0.4) is 0 Å². The van der Waals surface area contributed by atoms with Crippen molar-refractivity contribution < 1.29 is 22.3 Å². The van der Waals surface area contributed by atoms with Crippen molar-refractivity contribution >= 4 is 21.7 Å². The van der Waals surface area contributed by atoms with E-state index in [4.69, 9.17) is 10.00 Å². The Morgan fingerprint density at radius 2 is 1.77 bits per heavy atom. The fourth-order valence-electron chi connectivity index (χ4n) is 2.24. The van der Waals surface area contributed by atoms with Gasteiger partial charge in [-0.3, -0.25) is 9.10 Å². The molecule has 0 spiro atoms. The summed E-state index contributed by atoms with van der Waals surface area (Å²) in [4.78, 5) is 11.7. The average Bonchev–Trinajstić information content (AvgIpc) is 2.61. The summed E-state index contributed by atoms with van der Waals surface area (Å²) in [6, 6.07) is 12.6. The van der Waals surface area contributed by atoms with E-state index in [9.17, 15) is 17.6 Å². The first-order valence-electron chi connectivity index (χ1n) is 7.78. The molecule has 0 aliphatic rings. The highest BCUT2D eigenvalue weighted by Gasteiger charge is 2.27. The van der Waals surface area contributed by atoms with Gasteiger partial charge in [0.25, 0.3) is 10.0 Å². The number of hydrogen-bond acceptors (Lipinski definition) is 5. The van der Waals surface area contributed by atoms with Crippen LogP contribution in [0.5, 0.6) is 0 Å². The summed E-state index contributed by atoms with van der Waals surface area (Å²) in [5.41, 5.74) is 0.954. The molecule has 2 aromatic rings. The van der Waals surface area contributed by atoms with Crippen molar-refractivity contribution in [1.29, 1.82) is 5.26 Å². The Bertz CT molecular complexity index is 904. The lowest BCUT2D eigenvalue weighted by Crippen LogP contribution is -2.36. The molecule has 6 nitrogen and oxygen atoms in total. The van der Waals surface area contributed by atoms with E-state index in [0.717, 1.165) is 28.6 Å². The number of carbonyl (C=O) groups is 1. The van der Waals surface area contributed by atoms with Gasteiger partial charge in [0.1, 0.15) is 12.4 Å². The maximum absolute atomic E-state index is 13.1. The van der Waals surface area contributed by atoms with Gasteiger partial charge in [-0.05, 0) is 48.9 Å². The third kappa shape index (κ3) is 4.58. The SMILES string of the molecule is CCOC(=O)CN(c1ccc(CC#N)cc1)S(=O)(=O)c1ccc(F)cc1. The predicted molar refractivity (Wildman–Crippen MR) is 93.3 cm³/mol. The standard InChI is InChI=1S/C18H17FN2O4S/c1-2-25-18(22)13-21(16-7-3-14(4-8-16)11-12-20)26(23,24)17-9-5-15(19)6-10-17/h3-10H,2,11,13H2,1H3. The zero-order valence-electron chi connectivity index (χ0n) is 14.1. The Balaban J connectivity index is 2.44. The fourth-order valence-corrected chi connectivity index (χ4v) is 3.65. The normalized spacial score (nSPS) is 10.8. The number of benzene rings is 2. The number of anilines is 1. The van der Waals surface area contributed by atoms with E-state index >= 15 is 0 Å². The van der Waals surface area contributed by atoms with Crippen LogP contribution in [-0.4, -0.2) is 27.5 Å². The first-order chi connectivity index (χ1) is 12.4. The molecule has 0 aliphatic carbocycles. The van der Waals surface area contributed by atoms with Crippen LogP contribution in [0.1, 0.15) is 12.5 Å². The number of esters is 1. The number of halogens is 1. The molecule has 0 saturated carbocycles. The van der Waals surface area contributed by atoms with E-state index in [0.29, 0.717) is 5.56 Å². The molecule has 0 saturated heterocycles. The van der Waals surface area contributed by atoms with Crippen LogP contribution >= 0.6 is 0 Å². The first-order valence-corrected chi connectivity index (χ1v) is 9.22. The van der Waals surface area contributed by atoms with Gasteiger partial charge < -0.3 is 4.74 Å². The maximum Gasteiger partial charge on any atom is 0.326 e. The molecule has 0 aliphatic heterocycles. The lowest BCUT2D eigenvalue weighted by Gasteiger charge is -2.23. The smallest absolute Gasteiger partial charge is 0.326 e. The molecule has 0 N–H and O–H groups in total. The summed E-state index contributed by atoms with van der Waals surface area (Å²) in [7, 11) is -4.11. The van der Waals surface area contributed by atoms with Gasteiger partial charge in [0.05, 0.1) is 29.7 Å². The second-order valence-corrected chi connectivity index (χ2v) is 7.13. The van der Waals surface area contributed by atoms with Gasteiger partial charge in [0.15, 0.2) is 0 Å². The number of hydrogen-bond donors (Lipinski definition) is 0. The molecule has 0 aromatic heterocycles. The number of carbonyl (C=O) groups excluding carboxylic acids is 1. The van der Waals surface area contributed by atoms with Crippen molar-refractivity contribution in [3.8, 4) is 6.07 Å². The van der Waals surface area contributed by atoms with E-state index < -0.39 is 28.4 Å². The minimum atomic E-state index is -4.11. The highest BCUT2D eigenvalue weighted by molar-refractivity contribution is 7.92. The summed E-state index contributed by atoms with van der Waals surface area (Å²) >= 11 is 0. The summed E-state index contributed by atoms with van der Waals surface area (Å²) in [6.45, 7) is 1.21. The Labute approximate surface area is 151 Å². The molecule has 0 fully saturated rings. The third-order valence-electron chi connectivity index (χ3n) is 3.49. The van der Waals surface area contributed by atoms with Crippen LogP contribution < -0.4 is 4.31 Å². The summed E-state index contributed by atoms with van der Waals surface area (Å²) in [5, 5.41) is 8.73. The van der Waals surface area contributed by atoms with E-state index in [-0.39, 0.29) is 23.6 Å². The number of nitrogens with zero attached hydrogens (tertiary/aromatic N) is 2. The van der Waals surface area contributed by atoms with Gasteiger partial charge in [-0.25, -0.2) is 12.8 Å². The van der Waals surface area contributed by atoms with E-state index in [2.05, 4.69) is 0 Å². The van der Waals surface area contributed by atoms with Crippen LogP contribution in [0.15, 0.2) is 53.4 Å². The molecule has 2 aromatic carbocycles. The molecule has 2 rings (SSSR count). The summed E-state index contributed by atoms with van der Waals surface area (Å²) in [6.07, 6.45) is 0.183. The molecular formula is C18H17FN2O4S. The van der Waals surface area contributed by atoms with Crippen LogP contribution in [0.4, 0.5) is 10.1 Å². The number of sulfonamides is 1. The van der Waals surface area contributed by atoms with E-state index in [1.807, 2.05) is 6.07 Å². The van der Waals surface area contributed by atoms with Gasteiger partial charge in [0.2, 0.25) is 0 Å². The molecule has 0 unspecified atom stereocenters. The van der Waals surface area contributed by atoms with Crippen molar-refractivity contribution in [2.75, 3.05) is 17.5 Å². The molecule has 0 heterocycles. The Morgan fingerprint density at radius 3 is 2.31 bits per heavy atom. The van der Waals surface area contributed by atoms with Crippen LogP contribution in [0, 0.1) is 17.1 Å². The molecule has 26 heavy (non-hydrogen) atoms. The quantitative estimate of drug-likeness (QED) is 0.693. The van der Waals surface area contributed by atoms with Crippen molar-refractivity contribution in [2.45, 2.75) is 18.2 Å². The molecule has 0 bridgehead atoms. The number of rotatable bonds is 7. The van der Waals surface area contributed by atoms with Gasteiger partial charge in [-0.1, -0.05) is 12.1 Å². The van der Waals surface area contributed by atoms with Crippen molar-refractivity contribution in [3.05, 3.63) is 59.9 Å². The molecule has 0 radical (unpaired) electrons. The predicted octanol–water partition coefficient (Wildman–Crippen LogP) is 2.65. The number of ether oxygens (including phenoxy) is 1. The van der Waals surface area contributed by atoms with Crippen molar-refractivity contribution in [1.82, 2.24) is 0 Å². The van der Waals surface area contributed by atoms with Crippen LogP contribution in [0.2, 0.25) is 0 Å². The second kappa shape index (κ2) is 8.45. The number of nitriles is 1. The zero-order chi connectivity index (χ0) is 19.2. The van der Waals surface area contributed by atoms with E-state index in [1.54, 1.807) is 19.1 Å². The molecule has 8 heteroatoms. The minimum absolute atomic E-state index is 0.115. The molecule has 136 valence electrons. The monoisotopic (exact) mass is 376 g/mol. The van der Waals surface area contributed by atoms with Crippen LogP contribution in [-0.2, 0) is 26.0 Å². The van der Waals surface area contributed by atoms with Gasteiger partial charge in [-0.15, -0.1) is 0 Å². The minimum Gasteiger partial charge on any atom is -0.465 e. The lowest BCUT2D eigenvalue weighted by molar-refractivity contribution is -0.141. The Hall–Kier alpha value is -2.92. The van der Waals surface area contributed by atoms with Crippen molar-refractivity contribution in [3.63, 3.8) is 0 Å². The summed E-state index contributed by atoms with van der Waals surface area (Å²) < 4.78 is 44.7. The van der Waals surface area contributed by atoms with Crippen molar-refractivity contribution in [2.24, 2.45) is 0 Å². The first kappa shape index (κ1) is 19.4. The fraction of sp³-hybridized carbons (Fsp3) is 0.222. The van der Waals surface area contributed by atoms with Gasteiger partial charge >= 0.3 is 5.97 Å². The lowest BCUT2D eigenvalue weighted by atomic mass is 10.1. The largest absolute Gasteiger partial charge is 0.465 e. The zero-order valence-corrected chi connectivity index (χ0v) is 14.9. The summed E-state index contributed by atoms with van der Waals surface area (Å²) in [5.74, 6) is -1.28. The third-order valence-corrected chi connectivity index (χ3v) is 5.28. The highest BCUT2D eigenvalue weighted by atomic mass is 32.2. The topological polar surface area (TPSA) is 87.5 Å². The highest BCUT2D eigenvalue weighted by Crippen LogP contribution is 2.24. The Morgan fingerprint density at radius 1 is 1.15 bits per heavy atom. The second-order valence-electron chi connectivity index (χ2n) is 5.27. The van der Waals surface area contributed by atoms with Gasteiger partial charge in [0, 0.05) is 0 Å². The molecule has 0 atom stereocenters. The average molecular weight is 376 g/mol. The van der Waals surface area contributed by atoms with Gasteiger partial charge in [-0.2, -0.15) is 5.26 Å². The Kier molecular flexibility index (Phi) is 6.31. The molecular weight excluding hydrogens is 359 g/mol. The molecule has 0 amide bonds. The van der Waals surface area contributed by atoms with Crippen LogP contribution in [0.25, 0.3) is 0 Å².